The topological polar surface area (TPSA) is 87.0 Å². The van der Waals surface area contributed by atoms with Crippen molar-refractivity contribution < 1.29 is 0 Å². The summed E-state index contributed by atoms with van der Waals surface area (Å²) in [5, 5.41) is 3.03. The zero-order chi connectivity index (χ0) is 19.0. The molecule has 0 amide bonds. The van der Waals surface area contributed by atoms with Crippen LogP contribution in [0.5, 0.6) is 0 Å². The van der Waals surface area contributed by atoms with Gasteiger partial charge in [-0.05, 0) is 37.1 Å². The van der Waals surface area contributed by atoms with Crippen LogP contribution in [0.3, 0.4) is 0 Å². The Morgan fingerprint density at radius 3 is 2.67 bits per heavy atom. The lowest BCUT2D eigenvalue weighted by molar-refractivity contribution is 0.738. The van der Waals surface area contributed by atoms with Gasteiger partial charge in [0, 0.05) is 17.4 Å². The number of aromatic amines is 1. The van der Waals surface area contributed by atoms with Gasteiger partial charge in [0.05, 0.1) is 0 Å². The number of nitrogens with two attached hydrogens (primary N) is 1. The molecular formula is C20H19N5OS. The van der Waals surface area contributed by atoms with Gasteiger partial charge in [0.2, 0.25) is 5.95 Å². The minimum absolute atomic E-state index is 0.110. The van der Waals surface area contributed by atoms with Gasteiger partial charge in [-0.15, -0.1) is 0 Å². The second-order valence-corrected chi connectivity index (χ2v) is 6.93. The largest absolute Gasteiger partial charge is 0.383 e. The Labute approximate surface area is 162 Å². The molecule has 0 radical (unpaired) electrons. The van der Waals surface area contributed by atoms with E-state index in [2.05, 4.69) is 28.3 Å². The van der Waals surface area contributed by atoms with Crippen molar-refractivity contribution in [3.8, 4) is 0 Å². The third-order valence-electron chi connectivity index (χ3n) is 4.63. The molecule has 1 aliphatic heterocycles. The Morgan fingerprint density at radius 2 is 1.93 bits per heavy atom. The minimum atomic E-state index is -0.359. The number of H-pyrrole nitrogens is 1. The van der Waals surface area contributed by atoms with Crippen molar-refractivity contribution >= 4 is 40.3 Å². The summed E-state index contributed by atoms with van der Waals surface area (Å²) >= 11 is 5.38. The van der Waals surface area contributed by atoms with Crippen molar-refractivity contribution in [2.75, 3.05) is 16.0 Å². The Kier molecular flexibility index (Phi) is 4.37. The highest BCUT2D eigenvalue weighted by Gasteiger charge is 2.29. The van der Waals surface area contributed by atoms with Gasteiger partial charge >= 0.3 is 0 Å². The SMILES string of the molecule is C[C@H]1Cc2ccccc2N1c1nc(N)c(C(=S)Nc2ccccc2)c(=O)[nH]1. The van der Waals surface area contributed by atoms with E-state index in [-0.39, 0.29) is 28.0 Å². The monoisotopic (exact) mass is 377 g/mol. The summed E-state index contributed by atoms with van der Waals surface area (Å²) < 4.78 is 0. The van der Waals surface area contributed by atoms with E-state index in [1.54, 1.807) is 0 Å². The number of rotatable bonds is 3. The molecule has 0 aliphatic carbocycles. The second kappa shape index (κ2) is 6.85. The van der Waals surface area contributed by atoms with Gasteiger partial charge in [0.25, 0.3) is 5.56 Å². The number of para-hydroxylation sites is 2. The number of nitrogen functional groups attached to an aromatic ring is 1. The van der Waals surface area contributed by atoms with Gasteiger partial charge in [-0.3, -0.25) is 9.78 Å². The van der Waals surface area contributed by atoms with Crippen LogP contribution in [0.15, 0.2) is 59.4 Å². The van der Waals surface area contributed by atoms with Gasteiger partial charge in [-0.25, -0.2) is 0 Å². The fourth-order valence-electron chi connectivity index (χ4n) is 3.42. The van der Waals surface area contributed by atoms with E-state index in [4.69, 9.17) is 18.0 Å². The molecule has 0 fully saturated rings. The van der Waals surface area contributed by atoms with Crippen molar-refractivity contribution in [3.05, 3.63) is 76.1 Å². The van der Waals surface area contributed by atoms with E-state index in [0.717, 1.165) is 17.8 Å². The van der Waals surface area contributed by atoms with Crippen LogP contribution in [0.25, 0.3) is 0 Å². The van der Waals surface area contributed by atoms with Crippen LogP contribution < -0.4 is 21.5 Å². The molecule has 0 bridgehead atoms. The molecule has 3 aromatic rings. The van der Waals surface area contributed by atoms with Gasteiger partial charge in [0.15, 0.2) is 0 Å². The van der Waals surface area contributed by atoms with E-state index in [0.29, 0.717) is 5.95 Å². The fraction of sp³-hybridized carbons (Fsp3) is 0.150. The minimum Gasteiger partial charge on any atom is -0.383 e. The lowest BCUT2D eigenvalue weighted by atomic mass is 10.1. The first-order chi connectivity index (χ1) is 13.0. The lowest BCUT2D eigenvalue weighted by Crippen LogP contribution is -2.31. The normalized spacial score (nSPS) is 15.4. The van der Waals surface area contributed by atoms with Crippen LogP contribution in [0.1, 0.15) is 18.1 Å². The number of hydrogen-bond acceptors (Lipinski definition) is 5. The average Bonchev–Trinajstić information content (AvgIpc) is 2.97. The lowest BCUT2D eigenvalue weighted by Gasteiger charge is -2.23. The smallest absolute Gasteiger partial charge is 0.264 e. The van der Waals surface area contributed by atoms with Crippen LogP contribution >= 0.6 is 12.2 Å². The van der Waals surface area contributed by atoms with Crippen LogP contribution in [0.2, 0.25) is 0 Å². The summed E-state index contributed by atoms with van der Waals surface area (Å²) in [6.07, 6.45) is 0.884. The predicted molar refractivity (Wildman–Crippen MR) is 113 cm³/mol. The van der Waals surface area contributed by atoms with Crippen molar-refractivity contribution in [2.24, 2.45) is 0 Å². The van der Waals surface area contributed by atoms with Crippen LogP contribution in [-0.2, 0) is 6.42 Å². The van der Waals surface area contributed by atoms with E-state index >= 15 is 0 Å². The van der Waals surface area contributed by atoms with Gasteiger partial charge in [-0.2, -0.15) is 4.98 Å². The molecule has 0 saturated carbocycles. The molecule has 0 unspecified atom stereocenters. The van der Waals surface area contributed by atoms with E-state index in [1.807, 2.05) is 53.4 Å². The Bertz CT molecular complexity index is 1060. The number of nitrogens with zero attached hydrogens (tertiary/aromatic N) is 2. The highest BCUT2D eigenvalue weighted by Crippen LogP contribution is 2.36. The van der Waals surface area contributed by atoms with Gasteiger partial charge in [-0.1, -0.05) is 48.6 Å². The average molecular weight is 377 g/mol. The third-order valence-corrected chi connectivity index (χ3v) is 4.94. The zero-order valence-electron chi connectivity index (χ0n) is 14.8. The number of hydrogen-bond donors (Lipinski definition) is 3. The molecule has 2 aromatic carbocycles. The summed E-state index contributed by atoms with van der Waals surface area (Å²) in [4.78, 5) is 22.3. The fourth-order valence-corrected chi connectivity index (χ4v) is 3.73. The van der Waals surface area contributed by atoms with Crippen LogP contribution in [0.4, 0.5) is 23.1 Å². The van der Waals surface area contributed by atoms with Gasteiger partial charge in [0.1, 0.15) is 16.4 Å². The van der Waals surface area contributed by atoms with Crippen molar-refractivity contribution in [3.63, 3.8) is 0 Å². The highest BCUT2D eigenvalue weighted by molar-refractivity contribution is 7.81. The quantitative estimate of drug-likeness (QED) is 0.608. The van der Waals surface area contributed by atoms with Gasteiger partial charge < -0.3 is 16.0 Å². The molecule has 0 saturated heterocycles. The summed E-state index contributed by atoms with van der Waals surface area (Å²) in [6, 6.07) is 17.6. The van der Waals surface area contributed by atoms with Crippen LogP contribution in [-0.4, -0.2) is 21.0 Å². The molecule has 0 spiro atoms. The molecule has 2 heterocycles. The molecule has 136 valence electrons. The Morgan fingerprint density at radius 1 is 1.22 bits per heavy atom. The molecule has 7 heteroatoms. The first kappa shape index (κ1) is 17.2. The molecule has 4 N–H and O–H groups in total. The number of aromatic nitrogens is 2. The zero-order valence-corrected chi connectivity index (χ0v) is 15.6. The number of nitrogens with one attached hydrogen (secondary N) is 2. The molecule has 1 aliphatic rings. The summed E-state index contributed by atoms with van der Waals surface area (Å²) in [5.41, 5.74) is 8.98. The number of fused-ring (bicyclic) bond motifs is 1. The van der Waals surface area contributed by atoms with E-state index in [9.17, 15) is 4.79 Å². The Hall–Kier alpha value is -3.19. The van der Waals surface area contributed by atoms with Crippen molar-refractivity contribution in [1.82, 2.24) is 9.97 Å². The predicted octanol–water partition coefficient (Wildman–Crippen LogP) is 3.22. The summed E-state index contributed by atoms with van der Waals surface area (Å²) in [5.74, 6) is 0.542. The third kappa shape index (κ3) is 3.17. The summed E-state index contributed by atoms with van der Waals surface area (Å²) in [6.45, 7) is 2.09. The molecular weight excluding hydrogens is 358 g/mol. The Balaban J connectivity index is 1.69. The first-order valence-electron chi connectivity index (χ1n) is 8.68. The maximum Gasteiger partial charge on any atom is 0.264 e. The maximum absolute atomic E-state index is 12.7. The maximum atomic E-state index is 12.7. The number of thiocarbonyl (C=S) groups is 1. The standard InChI is InChI=1S/C20H19N5OS/c1-12-11-13-7-5-6-10-15(13)25(12)20-23-17(21)16(18(26)24-20)19(27)22-14-8-3-2-4-9-14/h2-10,12H,11H2,1H3,(H,22,27)(H3,21,23,24,26)/t12-/m0/s1. The van der Waals surface area contributed by atoms with Crippen molar-refractivity contribution in [2.45, 2.75) is 19.4 Å². The van der Waals surface area contributed by atoms with E-state index in [1.165, 1.54) is 5.56 Å². The molecule has 1 atom stereocenters. The van der Waals surface area contributed by atoms with E-state index < -0.39 is 0 Å². The summed E-state index contributed by atoms with van der Waals surface area (Å²) in [7, 11) is 0. The molecule has 4 rings (SSSR count). The molecule has 27 heavy (non-hydrogen) atoms. The highest BCUT2D eigenvalue weighted by atomic mass is 32.1. The first-order valence-corrected chi connectivity index (χ1v) is 9.08. The molecule has 6 nitrogen and oxygen atoms in total. The van der Waals surface area contributed by atoms with Crippen LogP contribution in [0, 0.1) is 0 Å². The van der Waals surface area contributed by atoms with Crippen molar-refractivity contribution in [1.29, 1.82) is 0 Å². The number of benzene rings is 2. The second-order valence-electron chi connectivity index (χ2n) is 6.52. The molecule has 1 aromatic heterocycles. The number of anilines is 4.